The summed E-state index contributed by atoms with van der Waals surface area (Å²) in [5.74, 6) is -0.589. The number of nitrogens with zero attached hydrogens (tertiary/aromatic N) is 2. The number of aliphatic hydroxyl groups is 1. The molecule has 0 bridgehead atoms. The van der Waals surface area contributed by atoms with Crippen molar-refractivity contribution in [1.82, 2.24) is 4.90 Å². The highest BCUT2D eigenvalue weighted by Crippen LogP contribution is 2.39. The maximum Gasteiger partial charge on any atom is 0.290 e. The maximum absolute atomic E-state index is 12.9. The van der Waals surface area contributed by atoms with Crippen LogP contribution in [0.15, 0.2) is 35.6 Å². The number of carbonyl (C=O) groups excluding carboxylic acids is 2. The molecule has 28 heavy (non-hydrogen) atoms. The van der Waals surface area contributed by atoms with Gasteiger partial charge in [-0.05, 0) is 43.4 Å². The Morgan fingerprint density at radius 1 is 1.07 bits per heavy atom. The van der Waals surface area contributed by atoms with Gasteiger partial charge in [-0.3, -0.25) is 9.59 Å². The van der Waals surface area contributed by atoms with Gasteiger partial charge in [-0.25, -0.2) is 0 Å². The van der Waals surface area contributed by atoms with Crippen LogP contribution in [0.3, 0.4) is 0 Å². The number of aliphatic hydroxyl groups excluding tert-OH is 1. The number of benzene rings is 1. The Morgan fingerprint density at radius 2 is 1.64 bits per heavy atom. The van der Waals surface area contributed by atoms with Crippen molar-refractivity contribution in [1.29, 1.82) is 0 Å². The molecule has 0 aliphatic carbocycles. The normalized spacial score (nSPS) is 17.2. The molecule has 1 amide bonds. The molecule has 1 heterocycles. The zero-order valence-corrected chi connectivity index (χ0v) is 18.0. The lowest BCUT2D eigenvalue weighted by molar-refractivity contribution is -0.129. The van der Waals surface area contributed by atoms with Gasteiger partial charge >= 0.3 is 0 Å². The van der Waals surface area contributed by atoms with Gasteiger partial charge in [0.15, 0.2) is 11.5 Å². The zero-order chi connectivity index (χ0) is 21.0. The predicted molar refractivity (Wildman–Crippen MR) is 113 cm³/mol. The second-order valence-electron chi connectivity index (χ2n) is 8.30. The van der Waals surface area contributed by atoms with Gasteiger partial charge in [-0.1, -0.05) is 39.8 Å². The average Bonchev–Trinajstić information content (AvgIpc) is 2.87. The van der Waals surface area contributed by atoms with Gasteiger partial charge in [0.1, 0.15) is 0 Å². The number of hydrogen-bond acceptors (Lipinski definition) is 4. The van der Waals surface area contributed by atoms with Crippen LogP contribution in [0.5, 0.6) is 0 Å². The number of anilines is 1. The number of carbonyl (C=O) groups is 2. The Kier molecular flexibility index (Phi) is 7.28. The summed E-state index contributed by atoms with van der Waals surface area (Å²) >= 11 is 0. The van der Waals surface area contributed by atoms with E-state index in [2.05, 4.69) is 18.7 Å². The van der Waals surface area contributed by atoms with Crippen molar-refractivity contribution in [2.75, 3.05) is 24.5 Å². The highest BCUT2D eigenvalue weighted by atomic mass is 16.3. The number of amides is 1. The molecular weight excluding hydrogens is 352 g/mol. The third-order valence-electron chi connectivity index (χ3n) is 5.10. The van der Waals surface area contributed by atoms with Gasteiger partial charge in [0.25, 0.3) is 5.91 Å². The lowest BCUT2D eigenvalue weighted by Gasteiger charge is -2.29. The van der Waals surface area contributed by atoms with Crippen molar-refractivity contribution in [2.24, 2.45) is 11.8 Å². The second kappa shape index (κ2) is 9.26. The molecule has 0 aromatic heterocycles. The third kappa shape index (κ3) is 4.57. The number of hydrogen-bond donors (Lipinski definition) is 1. The molecule has 1 aromatic carbocycles. The number of rotatable bonds is 9. The smallest absolute Gasteiger partial charge is 0.290 e. The predicted octanol–water partition coefficient (Wildman–Crippen LogP) is 4.50. The Balaban J connectivity index is 2.47. The quantitative estimate of drug-likeness (QED) is 0.679. The molecule has 5 heteroatoms. The molecule has 5 nitrogen and oxygen atoms in total. The largest absolute Gasteiger partial charge is 0.503 e. The Morgan fingerprint density at radius 3 is 2.11 bits per heavy atom. The van der Waals surface area contributed by atoms with E-state index in [1.165, 1.54) is 0 Å². The fourth-order valence-electron chi connectivity index (χ4n) is 3.80. The topological polar surface area (TPSA) is 60.9 Å². The molecule has 1 atom stereocenters. The first-order valence-corrected chi connectivity index (χ1v) is 10.3. The Hall–Kier alpha value is -2.30. The Bertz CT molecular complexity index is 731. The molecule has 154 valence electrons. The van der Waals surface area contributed by atoms with Crippen molar-refractivity contribution in [3.63, 3.8) is 0 Å². The zero-order valence-electron chi connectivity index (χ0n) is 18.0. The van der Waals surface area contributed by atoms with Crippen LogP contribution < -0.4 is 4.90 Å². The van der Waals surface area contributed by atoms with E-state index in [1.807, 2.05) is 52.0 Å². The molecule has 0 radical (unpaired) electrons. The molecule has 0 fully saturated rings. The van der Waals surface area contributed by atoms with Crippen molar-refractivity contribution in [3.8, 4) is 0 Å². The van der Waals surface area contributed by atoms with Crippen LogP contribution in [-0.2, 0) is 9.59 Å². The van der Waals surface area contributed by atoms with Crippen LogP contribution in [0.1, 0.15) is 59.6 Å². The standard InChI is InChI=1S/C23H34N2O3/c1-7-24(8-2)18-11-9-17(10-12-18)21-20(19(26)13-15(3)4)22(27)23(28)25(21)14-16(5)6/h9-12,15-16,21,27H,7-8,13-14H2,1-6H3. The average molecular weight is 387 g/mol. The van der Waals surface area contributed by atoms with Gasteiger partial charge in [0.2, 0.25) is 0 Å². The van der Waals surface area contributed by atoms with Gasteiger partial charge in [0.05, 0.1) is 11.6 Å². The van der Waals surface area contributed by atoms with Crippen LogP contribution in [-0.4, -0.2) is 41.3 Å². The van der Waals surface area contributed by atoms with Crippen molar-refractivity contribution < 1.29 is 14.7 Å². The summed E-state index contributed by atoms with van der Waals surface area (Å²) in [6, 6.07) is 7.48. The Labute approximate surface area is 169 Å². The summed E-state index contributed by atoms with van der Waals surface area (Å²) in [5.41, 5.74) is 2.22. The molecule has 1 aliphatic rings. The number of Topliss-reactive ketones (excluding diaryl/α,β-unsaturated/α-hetero) is 1. The van der Waals surface area contributed by atoms with Crippen LogP contribution in [0.2, 0.25) is 0 Å². The molecule has 0 saturated carbocycles. The van der Waals surface area contributed by atoms with Crippen LogP contribution >= 0.6 is 0 Å². The van der Waals surface area contributed by atoms with Gasteiger partial charge in [-0.2, -0.15) is 0 Å². The first-order valence-electron chi connectivity index (χ1n) is 10.3. The molecule has 2 rings (SSSR count). The molecule has 0 saturated heterocycles. The summed E-state index contributed by atoms with van der Waals surface area (Å²) in [7, 11) is 0. The van der Waals surface area contributed by atoms with E-state index in [4.69, 9.17) is 0 Å². The molecule has 0 spiro atoms. The fraction of sp³-hybridized carbons (Fsp3) is 0.565. The van der Waals surface area contributed by atoms with Gasteiger partial charge in [0, 0.05) is 31.7 Å². The maximum atomic E-state index is 12.9. The first-order chi connectivity index (χ1) is 13.2. The summed E-state index contributed by atoms with van der Waals surface area (Å²) in [6.45, 7) is 14.5. The lowest BCUT2D eigenvalue weighted by Crippen LogP contribution is -2.34. The fourth-order valence-corrected chi connectivity index (χ4v) is 3.80. The van der Waals surface area contributed by atoms with Crippen molar-refractivity contribution >= 4 is 17.4 Å². The molecular formula is C23H34N2O3. The lowest BCUT2D eigenvalue weighted by atomic mass is 9.92. The first kappa shape index (κ1) is 22.0. The van der Waals surface area contributed by atoms with E-state index in [0.29, 0.717) is 13.0 Å². The summed E-state index contributed by atoms with van der Waals surface area (Å²) < 4.78 is 0. The SMILES string of the molecule is CCN(CC)c1ccc(C2C(C(=O)CC(C)C)=C(O)C(=O)N2CC(C)C)cc1. The van der Waals surface area contributed by atoms with Crippen molar-refractivity contribution in [3.05, 3.63) is 41.2 Å². The van der Waals surface area contributed by atoms with E-state index in [0.717, 1.165) is 24.3 Å². The molecule has 1 aliphatic heterocycles. The third-order valence-corrected chi connectivity index (χ3v) is 5.10. The monoisotopic (exact) mass is 386 g/mol. The minimum atomic E-state index is -0.521. The minimum Gasteiger partial charge on any atom is -0.503 e. The van der Waals surface area contributed by atoms with E-state index < -0.39 is 11.9 Å². The molecule has 1 aromatic rings. The van der Waals surface area contributed by atoms with E-state index in [1.54, 1.807) is 4.90 Å². The molecule has 1 N–H and O–H groups in total. The molecule has 1 unspecified atom stereocenters. The minimum absolute atomic E-state index is 0.148. The van der Waals surface area contributed by atoms with Gasteiger partial charge < -0.3 is 14.9 Å². The van der Waals surface area contributed by atoms with E-state index in [-0.39, 0.29) is 29.0 Å². The summed E-state index contributed by atoms with van der Waals surface area (Å²) in [4.78, 5) is 29.5. The summed E-state index contributed by atoms with van der Waals surface area (Å²) in [5, 5.41) is 10.5. The summed E-state index contributed by atoms with van der Waals surface area (Å²) in [6.07, 6.45) is 0.316. The van der Waals surface area contributed by atoms with Crippen molar-refractivity contribution in [2.45, 2.75) is 54.0 Å². The number of ketones is 1. The van der Waals surface area contributed by atoms with E-state index >= 15 is 0 Å². The van der Waals surface area contributed by atoms with E-state index in [9.17, 15) is 14.7 Å². The van der Waals surface area contributed by atoms with Crippen LogP contribution in [0.4, 0.5) is 5.69 Å². The highest BCUT2D eigenvalue weighted by molar-refractivity contribution is 6.09. The second-order valence-corrected chi connectivity index (χ2v) is 8.30. The highest BCUT2D eigenvalue weighted by Gasteiger charge is 2.43. The van der Waals surface area contributed by atoms with Gasteiger partial charge in [-0.15, -0.1) is 0 Å². The van der Waals surface area contributed by atoms with Crippen LogP contribution in [0.25, 0.3) is 0 Å². The van der Waals surface area contributed by atoms with Crippen LogP contribution in [0, 0.1) is 11.8 Å².